The van der Waals surface area contributed by atoms with Crippen LogP contribution in [0.25, 0.3) is 0 Å². The van der Waals surface area contributed by atoms with Crippen LogP contribution >= 0.6 is 0 Å². The van der Waals surface area contributed by atoms with Crippen molar-refractivity contribution >= 4 is 21.7 Å². The van der Waals surface area contributed by atoms with Gasteiger partial charge < -0.3 is 10.4 Å². The second-order valence-electron chi connectivity index (χ2n) is 5.44. The maximum absolute atomic E-state index is 12.0. The van der Waals surface area contributed by atoms with Crippen molar-refractivity contribution in [2.24, 2.45) is 5.92 Å². The van der Waals surface area contributed by atoms with Crippen molar-refractivity contribution in [3.63, 3.8) is 0 Å². The van der Waals surface area contributed by atoms with E-state index in [9.17, 15) is 23.1 Å². The number of carboxylic acid groups (broad SMARTS) is 1. The highest BCUT2D eigenvalue weighted by Crippen LogP contribution is 2.22. The molecule has 2 atom stereocenters. The molecule has 0 aliphatic heterocycles. The molecule has 7 heteroatoms. The smallest absolute Gasteiger partial charge is 0.308 e. The molecule has 0 bridgehead atoms. The van der Waals surface area contributed by atoms with E-state index in [1.807, 2.05) is 0 Å². The first-order valence-electron chi connectivity index (χ1n) is 6.94. The quantitative estimate of drug-likeness (QED) is 0.788. The van der Waals surface area contributed by atoms with Gasteiger partial charge in [0, 0.05) is 0 Å². The molecular weight excluding hydrogens is 306 g/mol. The lowest BCUT2D eigenvalue weighted by Gasteiger charge is -2.23. The molecule has 2 N–H and O–H groups in total. The minimum Gasteiger partial charge on any atom is -0.481 e. The molecule has 6 nitrogen and oxygen atoms in total. The summed E-state index contributed by atoms with van der Waals surface area (Å²) in [5.41, 5.74) is 0.618. The molecule has 0 radical (unpaired) electrons. The molecule has 1 aromatic carbocycles. The number of carboxylic acids is 1. The number of carbonyl (C=O) groups excluding carboxylic acids is 1. The predicted octanol–water partition coefficient (Wildman–Crippen LogP) is 1.39. The number of nitrogens with one attached hydrogen (secondary N) is 1. The van der Waals surface area contributed by atoms with Gasteiger partial charge in [-0.05, 0) is 26.3 Å². The third kappa shape index (κ3) is 4.84. The maximum atomic E-state index is 12.0. The van der Waals surface area contributed by atoms with Gasteiger partial charge in [0.15, 0.2) is 9.84 Å². The largest absolute Gasteiger partial charge is 0.481 e. The van der Waals surface area contributed by atoms with E-state index in [1.54, 1.807) is 30.3 Å². The molecule has 0 saturated heterocycles. The number of rotatable bonds is 7. The van der Waals surface area contributed by atoms with Crippen LogP contribution in [-0.4, -0.2) is 36.4 Å². The van der Waals surface area contributed by atoms with Gasteiger partial charge in [-0.25, -0.2) is 8.42 Å². The predicted molar refractivity (Wildman–Crippen MR) is 83.0 cm³/mol. The standard InChI is InChI=1S/C15H21NO5S/c1-10(2)22(20,21)9-13(17)16-14(11(3)15(18)19)12-7-5-4-6-8-12/h4-8,10-11,14H,9H2,1-3H3,(H,16,17)(H,18,19). The average molecular weight is 327 g/mol. The van der Waals surface area contributed by atoms with E-state index in [-0.39, 0.29) is 0 Å². The molecule has 1 rings (SSSR count). The summed E-state index contributed by atoms with van der Waals surface area (Å²) in [4.78, 5) is 23.2. The van der Waals surface area contributed by atoms with Crippen LogP contribution in [-0.2, 0) is 19.4 Å². The Bertz CT molecular complexity index is 625. The zero-order chi connectivity index (χ0) is 16.9. The van der Waals surface area contributed by atoms with Crippen LogP contribution in [0.5, 0.6) is 0 Å². The fourth-order valence-electron chi connectivity index (χ4n) is 1.86. The number of sulfone groups is 1. The van der Waals surface area contributed by atoms with Crippen LogP contribution in [0.4, 0.5) is 0 Å². The second-order valence-corrected chi connectivity index (χ2v) is 8.00. The summed E-state index contributed by atoms with van der Waals surface area (Å²) in [5, 5.41) is 11.0. The highest BCUT2D eigenvalue weighted by atomic mass is 32.2. The maximum Gasteiger partial charge on any atom is 0.308 e. The van der Waals surface area contributed by atoms with Crippen molar-refractivity contribution in [1.29, 1.82) is 0 Å². The van der Waals surface area contributed by atoms with Gasteiger partial charge in [-0.2, -0.15) is 0 Å². The SMILES string of the molecule is CC(C(=O)O)C(NC(=O)CS(=O)(=O)C(C)C)c1ccccc1. The van der Waals surface area contributed by atoms with Gasteiger partial charge in [0.05, 0.1) is 17.2 Å². The lowest BCUT2D eigenvalue weighted by molar-refractivity contribution is -0.142. The molecule has 1 aromatic rings. The van der Waals surface area contributed by atoms with E-state index in [0.29, 0.717) is 5.56 Å². The summed E-state index contributed by atoms with van der Waals surface area (Å²) >= 11 is 0. The highest BCUT2D eigenvalue weighted by Gasteiger charge is 2.29. The molecule has 22 heavy (non-hydrogen) atoms. The van der Waals surface area contributed by atoms with Crippen molar-refractivity contribution in [2.45, 2.75) is 32.1 Å². The van der Waals surface area contributed by atoms with E-state index in [2.05, 4.69) is 5.32 Å². The minimum atomic E-state index is -3.53. The van der Waals surface area contributed by atoms with Crippen molar-refractivity contribution in [2.75, 3.05) is 5.75 Å². The lowest BCUT2D eigenvalue weighted by atomic mass is 9.94. The average Bonchev–Trinajstić information content (AvgIpc) is 2.44. The highest BCUT2D eigenvalue weighted by molar-refractivity contribution is 7.92. The molecule has 0 heterocycles. The normalized spacial score (nSPS) is 14.4. The third-order valence-corrected chi connectivity index (χ3v) is 5.52. The molecule has 122 valence electrons. The second kappa shape index (κ2) is 7.40. The Hall–Kier alpha value is -1.89. The van der Waals surface area contributed by atoms with Crippen molar-refractivity contribution < 1.29 is 23.1 Å². The van der Waals surface area contributed by atoms with E-state index < -0.39 is 44.7 Å². The number of aliphatic carboxylic acids is 1. The Kier molecular flexibility index (Phi) is 6.11. The summed E-state index contributed by atoms with van der Waals surface area (Å²) in [6, 6.07) is 7.84. The van der Waals surface area contributed by atoms with Gasteiger partial charge in [0.25, 0.3) is 0 Å². The van der Waals surface area contributed by atoms with E-state index >= 15 is 0 Å². The van der Waals surface area contributed by atoms with Crippen LogP contribution in [0.2, 0.25) is 0 Å². The Morgan fingerprint density at radius 1 is 1.14 bits per heavy atom. The van der Waals surface area contributed by atoms with Crippen LogP contribution in [0.1, 0.15) is 32.4 Å². The zero-order valence-electron chi connectivity index (χ0n) is 12.8. The van der Waals surface area contributed by atoms with Crippen LogP contribution in [0, 0.1) is 5.92 Å². The van der Waals surface area contributed by atoms with Crippen LogP contribution in [0.15, 0.2) is 30.3 Å². The van der Waals surface area contributed by atoms with E-state index in [1.165, 1.54) is 20.8 Å². The number of benzene rings is 1. The number of hydrogen-bond donors (Lipinski definition) is 2. The summed E-state index contributed by atoms with van der Waals surface area (Å²) < 4.78 is 23.6. The van der Waals surface area contributed by atoms with Crippen LogP contribution < -0.4 is 5.32 Å². The molecule has 0 spiro atoms. The topological polar surface area (TPSA) is 101 Å². The summed E-state index contributed by atoms with van der Waals surface area (Å²) in [7, 11) is -3.53. The van der Waals surface area contributed by atoms with Gasteiger partial charge >= 0.3 is 5.97 Å². The molecule has 1 amide bonds. The zero-order valence-corrected chi connectivity index (χ0v) is 13.6. The number of hydrogen-bond acceptors (Lipinski definition) is 4. The first kappa shape index (κ1) is 18.2. The van der Waals surface area contributed by atoms with Gasteiger partial charge in [0.1, 0.15) is 5.75 Å². The number of carbonyl (C=O) groups is 2. The fourth-order valence-corrected chi connectivity index (χ4v) is 2.65. The van der Waals surface area contributed by atoms with Gasteiger partial charge in [-0.3, -0.25) is 9.59 Å². The van der Waals surface area contributed by atoms with E-state index in [4.69, 9.17) is 0 Å². The van der Waals surface area contributed by atoms with Gasteiger partial charge in [-0.15, -0.1) is 0 Å². The molecule has 0 aromatic heterocycles. The first-order valence-corrected chi connectivity index (χ1v) is 8.65. The van der Waals surface area contributed by atoms with Gasteiger partial charge in [0.2, 0.25) is 5.91 Å². The van der Waals surface area contributed by atoms with Gasteiger partial charge in [-0.1, -0.05) is 30.3 Å². The molecule has 0 fully saturated rings. The van der Waals surface area contributed by atoms with E-state index in [0.717, 1.165) is 0 Å². The Morgan fingerprint density at radius 3 is 2.14 bits per heavy atom. The summed E-state index contributed by atoms with van der Waals surface area (Å²) in [5.74, 6) is -3.30. The van der Waals surface area contributed by atoms with Crippen LogP contribution in [0.3, 0.4) is 0 Å². The molecule has 0 aliphatic carbocycles. The Morgan fingerprint density at radius 2 is 1.68 bits per heavy atom. The van der Waals surface area contributed by atoms with Crippen molar-refractivity contribution in [3.8, 4) is 0 Å². The molecule has 0 saturated carbocycles. The summed E-state index contributed by atoms with van der Waals surface area (Å²) in [6.07, 6.45) is 0. The Balaban J connectivity index is 2.95. The fraction of sp³-hybridized carbons (Fsp3) is 0.467. The first-order chi connectivity index (χ1) is 10.1. The monoisotopic (exact) mass is 327 g/mol. The molecular formula is C15H21NO5S. The Labute approximate surface area is 130 Å². The lowest BCUT2D eigenvalue weighted by Crippen LogP contribution is -2.39. The van der Waals surface area contributed by atoms with Crippen molar-refractivity contribution in [1.82, 2.24) is 5.32 Å². The number of amides is 1. The third-order valence-electron chi connectivity index (χ3n) is 3.42. The molecule has 0 aliphatic rings. The summed E-state index contributed by atoms with van der Waals surface area (Å²) in [6.45, 7) is 4.46. The molecule has 2 unspecified atom stereocenters. The van der Waals surface area contributed by atoms with Crippen molar-refractivity contribution in [3.05, 3.63) is 35.9 Å². The minimum absolute atomic E-state index is 0.618.